The molecule has 0 aromatic rings. The van der Waals surface area contributed by atoms with Gasteiger partial charge in [0.1, 0.15) is 0 Å². The van der Waals surface area contributed by atoms with Gasteiger partial charge in [0.2, 0.25) is 0 Å². The van der Waals surface area contributed by atoms with Gasteiger partial charge >= 0.3 is 0 Å². The van der Waals surface area contributed by atoms with E-state index in [1.54, 1.807) is 0 Å². The Hall–Kier alpha value is -0.280. The van der Waals surface area contributed by atoms with Gasteiger partial charge in [0, 0.05) is 70.0 Å². The summed E-state index contributed by atoms with van der Waals surface area (Å²) in [5.41, 5.74) is 1.62. The molecular formula is C48H99N5O2. The summed E-state index contributed by atoms with van der Waals surface area (Å²) in [5.74, 6) is 0.848. The lowest BCUT2D eigenvalue weighted by molar-refractivity contribution is -0.114. The Morgan fingerprint density at radius 2 is 0.964 bits per heavy atom. The van der Waals surface area contributed by atoms with Gasteiger partial charge in [-0.2, -0.15) is 0 Å². The highest BCUT2D eigenvalue weighted by atomic mass is 16.5. The second kappa shape index (κ2) is 21.8. The van der Waals surface area contributed by atoms with Crippen molar-refractivity contribution in [1.82, 2.24) is 24.5 Å². The van der Waals surface area contributed by atoms with Crippen LogP contribution in [0.4, 0.5) is 0 Å². The first-order valence-electron chi connectivity index (χ1n) is 23.2. The molecule has 0 atom stereocenters. The van der Waals surface area contributed by atoms with Crippen molar-refractivity contribution in [2.45, 2.75) is 203 Å². The number of aliphatic hydroxyl groups is 1. The summed E-state index contributed by atoms with van der Waals surface area (Å²) in [7, 11) is 4.46. The largest absolute Gasteiger partial charge is 0.393 e. The molecule has 1 saturated carbocycles. The van der Waals surface area contributed by atoms with Gasteiger partial charge in [-0.1, -0.05) is 75.2 Å². The van der Waals surface area contributed by atoms with Crippen molar-refractivity contribution in [2.75, 3.05) is 86.1 Å². The number of rotatable bonds is 14. The molecule has 3 aliphatic heterocycles. The summed E-state index contributed by atoms with van der Waals surface area (Å²) in [6.45, 7) is 49.0. The first-order valence-corrected chi connectivity index (χ1v) is 23.2. The molecule has 1 N–H and O–H groups in total. The highest BCUT2D eigenvalue weighted by Gasteiger charge is 2.42. The molecule has 7 nitrogen and oxygen atoms in total. The minimum atomic E-state index is -0.105. The summed E-state index contributed by atoms with van der Waals surface area (Å²) < 4.78 is 6.43. The van der Waals surface area contributed by atoms with Crippen molar-refractivity contribution >= 4 is 0 Å². The normalized spacial score (nSPS) is 24.5. The highest BCUT2D eigenvalue weighted by molar-refractivity contribution is 4.96. The first kappa shape index (κ1) is 50.9. The van der Waals surface area contributed by atoms with Gasteiger partial charge in [-0.15, -0.1) is 0 Å². The molecular weight excluding hydrogens is 679 g/mol. The van der Waals surface area contributed by atoms with E-state index >= 15 is 0 Å². The fraction of sp³-hybridized carbons (Fsp3) is 1.00. The molecule has 328 valence electrons. The smallest absolute Gasteiger partial charge is 0.0635 e. The van der Waals surface area contributed by atoms with Gasteiger partial charge in [-0.25, -0.2) is 0 Å². The van der Waals surface area contributed by atoms with Crippen LogP contribution in [0.1, 0.15) is 174 Å². The maximum absolute atomic E-state index is 9.65. The van der Waals surface area contributed by atoms with Crippen molar-refractivity contribution in [3.8, 4) is 0 Å². The molecule has 4 aliphatic rings. The van der Waals surface area contributed by atoms with Crippen LogP contribution in [-0.2, 0) is 4.74 Å². The molecule has 4 fully saturated rings. The van der Waals surface area contributed by atoms with E-state index in [1.165, 1.54) is 104 Å². The molecule has 3 heterocycles. The first-order chi connectivity index (χ1) is 25.2. The Labute approximate surface area is 345 Å². The number of likely N-dealkylation sites (N-methyl/N-ethyl adjacent to an activating group) is 2. The van der Waals surface area contributed by atoms with E-state index in [0.29, 0.717) is 28.0 Å². The standard InChI is InChI=1S/C26H53N3.C19H38N2O2.C3H8/c1-11-23(2,3)20-25(6,7)28-14-12-22(13-15-28)24(4,5)21-26(8,9)29-18-16-27(10)17-19-29;1-18(2,15-21-12-10-20(5)11-13-21)14-19(3,4)23-17-8-6-16(22)7-9-17;1-3-2/h22H,11-21H2,1-10H3;16-17,22H,6-15H2,1-5H3;3H2,1-2H3. The van der Waals surface area contributed by atoms with Crippen molar-refractivity contribution in [3.05, 3.63) is 0 Å². The summed E-state index contributed by atoms with van der Waals surface area (Å²) in [6, 6.07) is 0. The van der Waals surface area contributed by atoms with Gasteiger partial charge in [-0.3, -0.25) is 9.80 Å². The van der Waals surface area contributed by atoms with Crippen molar-refractivity contribution in [1.29, 1.82) is 0 Å². The molecule has 3 saturated heterocycles. The van der Waals surface area contributed by atoms with E-state index in [1.807, 2.05) is 0 Å². The molecule has 55 heavy (non-hydrogen) atoms. The van der Waals surface area contributed by atoms with Crippen LogP contribution in [0.5, 0.6) is 0 Å². The predicted octanol–water partition coefficient (Wildman–Crippen LogP) is 9.91. The van der Waals surface area contributed by atoms with Crippen LogP contribution in [0.25, 0.3) is 0 Å². The lowest BCUT2D eigenvalue weighted by Gasteiger charge is -2.51. The molecule has 0 aromatic carbocycles. The maximum Gasteiger partial charge on any atom is 0.0635 e. The third kappa shape index (κ3) is 18.3. The zero-order valence-corrected chi connectivity index (χ0v) is 40.4. The molecule has 0 amide bonds. The van der Waals surface area contributed by atoms with E-state index < -0.39 is 0 Å². The average molecular weight is 778 g/mol. The average Bonchev–Trinajstić information content (AvgIpc) is 3.06. The minimum absolute atomic E-state index is 0.0942. The Bertz CT molecular complexity index is 1000. The molecule has 0 bridgehead atoms. The van der Waals surface area contributed by atoms with Gasteiger partial charge in [0.25, 0.3) is 0 Å². The molecule has 0 unspecified atom stereocenters. The van der Waals surface area contributed by atoms with Gasteiger partial charge in [-0.05, 0) is 149 Å². The van der Waals surface area contributed by atoms with E-state index in [-0.39, 0.29) is 17.1 Å². The molecule has 4 rings (SSSR count). The molecule has 1 aliphatic carbocycles. The quantitative estimate of drug-likeness (QED) is 0.189. The fourth-order valence-electron chi connectivity index (χ4n) is 10.9. The van der Waals surface area contributed by atoms with Gasteiger partial charge < -0.3 is 24.5 Å². The van der Waals surface area contributed by atoms with Crippen LogP contribution in [0, 0.1) is 22.2 Å². The van der Waals surface area contributed by atoms with Crippen molar-refractivity contribution in [2.24, 2.45) is 22.2 Å². The van der Waals surface area contributed by atoms with Crippen LogP contribution < -0.4 is 0 Å². The number of likely N-dealkylation sites (tertiary alicyclic amines) is 1. The zero-order chi connectivity index (χ0) is 41.9. The lowest BCUT2D eigenvalue weighted by atomic mass is 9.67. The highest BCUT2D eigenvalue weighted by Crippen LogP contribution is 2.44. The molecule has 0 radical (unpaired) electrons. The minimum Gasteiger partial charge on any atom is -0.393 e. The predicted molar refractivity (Wildman–Crippen MR) is 240 cm³/mol. The maximum atomic E-state index is 9.65. The van der Waals surface area contributed by atoms with Crippen molar-refractivity contribution < 1.29 is 9.84 Å². The van der Waals surface area contributed by atoms with Crippen LogP contribution in [0.15, 0.2) is 0 Å². The third-order valence-corrected chi connectivity index (χ3v) is 13.9. The summed E-state index contributed by atoms with van der Waals surface area (Å²) in [5, 5.41) is 9.65. The topological polar surface area (TPSA) is 45.7 Å². The van der Waals surface area contributed by atoms with Crippen molar-refractivity contribution in [3.63, 3.8) is 0 Å². The van der Waals surface area contributed by atoms with Gasteiger partial charge in [0.15, 0.2) is 0 Å². The monoisotopic (exact) mass is 778 g/mol. The second-order valence-electron chi connectivity index (χ2n) is 23.0. The second-order valence-corrected chi connectivity index (χ2v) is 23.0. The fourth-order valence-corrected chi connectivity index (χ4v) is 10.9. The number of hydrogen-bond donors (Lipinski definition) is 1. The Morgan fingerprint density at radius 3 is 1.44 bits per heavy atom. The van der Waals surface area contributed by atoms with Crippen LogP contribution >= 0.6 is 0 Å². The number of aliphatic hydroxyl groups excluding tert-OH is 1. The zero-order valence-electron chi connectivity index (χ0n) is 40.4. The Morgan fingerprint density at radius 1 is 0.527 bits per heavy atom. The van der Waals surface area contributed by atoms with E-state index in [9.17, 15) is 5.11 Å². The van der Waals surface area contributed by atoms with E-state index in [4.69, 9.17) is 4.74 Å². The number of ether oxygens (including phenoxy) is 1. The Balaban J connectivity index is 0.000000363. The third-order valence-electron chi connectivity index (χ3n) is 13.9. The van der Waals surface area contributed by atoms with E-state index in [0.717, 1.165) is 44.6 Å². The summed E-state index contributed by atoms with van der Waals surface area (Å²) in [6.07, 6.45) is 12.9. The van der Waals surface area contributed by atoms with Crippen LogP contribution in [0.2, 0.25) is 0 Å². The summed E-state index contributed by atoms with van der Waals surface area (Å²) in [4.78, 5) is 13.0. The SMILES string of the molecule is CCC.CCC(C)(C)CC(C)(C)N1CCC(C(C)(C)CC(C)(C)N2CCN(C)CC2)CC1.CN1CCN(CC(C)(C)CC(C)(C)OC2CCC(O)CC2)CC1. The number of hydrogen-bond acceptors (Lipinski definition) is 7. The number of piperidine rings is 1. The molecule has 0 spiro atoms. The lowest BCUT2D eigenvalue weighted by Crippen LogP contribution is -2.56. The number of piperazine rings is 2. The van der Waals surface area contributed by atoms with Crippen LogP contribution in [0.3, 0.4) is 0 Å². The Kier molecular flexibility index (Phi) is 20.2. The molecule has 0 aromatic heterocycles. The molecule has 7 heteroatoms. The number of nitrogens with zero attached hydrogens (tertiary/aromatic N) is 5. The van der Waals surface area contributed by atoms with Gasteiger partial charge in [0.05, 0.1) is 17.8 Å². The van der Waals surface area contributed by atoms with E-state index in [2.05, 4.69) is 142 Å². The summed E-state index contributed by atoms with van der Waals surface area (Å²) >= 11 is 0. The van der Waals surface area contributed by atoms with Crippen LogP contribution in [-0.4, -0.2) is 145 Å².